The average molecular weight is 463 g/mol. The van der Waals surface area contributed by atoms with E-state index in [9.17, 15) is 9.59 Å². The molecule has 0 radical (unpaired) electrons. The van der Waals surface area contributed by atoms with Crippen molar-refractivity contribution in [1.29, 1.82) is 0 Å². The van der Waals surface area contributed by atoms with Gasteiger partial charge in [-0.2, -0.15) is 0 Å². The summed E-state index contributed by atoms with van der Waals surface area (Å²) in [6.07, 6.45) is 1.02. The van der Waals surface area contributed by atoms with Crippen molar-refractivity contribution >= 4 is 57.3 Å². The molecule has 1 heterocycles. The van der Waals surface area contributed by atoms with Gasteiger partial charge >= 0.3 is 0 Å². The van der Waals surface area contributed by atoms with Crippen LogP contribution in [-0.4, -0.2) is 34.9 Å². The third-order valence-electron chi connectivity index (χ3n) is 3.90. The van der Waals surface area contributed by atoms with Crippen molar-refractivity contribution in [3.8, 4) is 5.75 Å². The number of halogens is 1. The smallest absolute Gasteiger partial charge is 0.234 e. The lowest BCUT2D eigenvalue weighted by Gasteiger charge is -2.07. The zero-order valence-electron chi connectivity index (χ0n) is 16.1. The van der Waals surface area contributed by atoms with Crippen molar-refractivity contribution in [2.45, 2.75) is 17.2 Å². The molecule has 0 fully saturated rings. The predicted octanol–water partition coefficient (Wildman–Crippen LogP) is 4.50. The van der Waals surface area contributed by atoms with E-state index in [4.69, 9.17) is 16.3 Å². The largest absolute Gasteiger partial charge is 0.495 e. The second-order valence-electron chi connectivity index (χ2n) is 6.09. The van der Waals surface area contributed by atoms with Gasteiger partial charge in [-0.25, -0.2) is 0 Å². The van der Waals surface area contributed by atoms with Gasteiger partial charge in [0.1, 0.15) is 5.75 Å². The number of thioether (sulfide) groups is 1. The van der Waals surface area contributed by atoms with Gasteiger partial charge in [0.2, 0.25) is 16.9 Å². The van der Waals surface area contributed by atoms with E-state index in [1.165, 1.54) is 30.2 Å². The van der Waals surface area contributed by atoms with Crippen molar-refractivity contribution in [2.75, 3.05) is 23.5 Å². The standard InChI is InChI=1S/C20H19ClN4O3S2/c1-28-16-9-8-14(11-15(16)21)22-18(27)12-29-20-25-24-19(30-20)23-17(26)10-7-13-5-3-2-4-6-13/h2-6,8-9,11H,7,10,12H2,1H3,(H,22,27)(H,23,24,26). The van der Waals surface area contributed by atoms with Gasteiger partial charge in [-0.15, -0.1) is 10.2 Å². The molecule has 0 saturated heterocycles. The third-order valence-corrected chi connectivity index (χ3v) is 6.17. The van der Waals surface area contributed by atoms with Crippen molar-refractivity contribution in [3.05, 3.63) is 59.1 Å². The number of carbonyl (C=O) groups is 2. The summed E-state index contributed by atoms with van der Waals surface area (Å²) < 4.78 is 5.68. The number of ether oxygens (including phenoxy) is 1. The van der Waals surface area contributed by atoms with Gasteiger partial charge in [-0.3, -0.25) is 9.59 Å². The first-order valence-electron chi connectivity index (χ1n) is 8.97. The zero-order chi connectivity index (χ0) is 21.3. The Morgan fingerprint density at radius 1 is 1.10 bits per heavy atom. The number of anilines is 2. The molecule has 3 rings (SSSR count). The molecule has 10 heteroatoms. The molecule has 2 aromatic carbocycles. The summed E-state index contributed by atoms with van der Waals surface area (Å²) in [6, 6.07) is 14.8. The van der Waals surface area contributed by atoms with Gasteiger partial charge in [-0.05, 0) is 30.2 Å². The minimum atomic E-state index is -0.204. The van der Waals surface area contributed by atoms with Gasteiger partial charge in [0.25, 0.3) is 0 Å². The van der Waals surface area contributed by atoms with Crippen LogP contribution in [0.15, 0.2) is 52.9 Å². The number of nitrogens with one attached hydrogen (secondary N) is 2. The lowest BCUT2D eigenvalue weighted by Crippen LogP contribution is -2.13. The van der Waals surface area contributed by atoms with Gasteiger partial charge in [0.15, 0.2) is 4.34 Å². The molecule has 30 heavy (non-hydrogen) atoms. The first kappa shape index (κ1) is 22.1. The van der Waals surface area contributed by atoms with Crippen LogP contribution in [0.4, 0.5) is 10.8 Å². The van der Waals surface area contributed by atoms with Gasteiger partial charge in [-0.1, -0.05) is 65.0 Å². The topological polar surface area (TPSA) is 93.2 Å². The van der Waals surface area contributed by atoms with Crippen LogP contribution >= 0.6 is 34.7 Å². The van der Waals surface area contributed by atoms with Crippen LogP contribution in [0.3, 0.4) is 0 Å². The number of hydrogen-bond acceptors (Lipinski definition) is 7. The Kier molecular flexibility index (Phi) is 8.06. The molecule has 0 bridgehead atoms. The molecule has 156 valence electrons. The minimum absolute atomic E-state index is 0.124. The van der Waals surface area contributed by atoms with Crippen molar-refractivity contribution in [3.63, 3.8) is 0 Å². The molecule has 7 nitrogen and oxygen atoms in total. The molecule has 3 aromatic rings. The normalized spacial score (nSPS) is 10.5. The van der Waals surface area contributed by atoms with E-state index in [0.29, 0.717) is 38.8 Å². The van der Waals surface area contributed by atoms with Gasteiger partial charge in [0.05, 0.1) is 17.9 Å². The zero-order valence-corrected chi connectivity index (χ0v) is 18.4. The molecule has 0 unspecified atom stereocenters. The highest BCUT2D eigenvalue weighted by molar-refractivity contribution is 8.01. The van der Waals surface area contributed by atoms with E-state index in [1.807, 2.05) is 30.3 Å². The second-order valence-corrected chi connectivity index (χ2v) is 8.70. The van der Waals surface area contributed by atoms with E-state index in [0.717, 1.165) is 5.56 Å². The Hall–Kier alpha value is -2.62. The van der Waals surface area contributed by atoms with Crippen molar-refractivity contribution in [2.24, 2.45) is 0 Å². The first-order valence-corrected chi connectivity index (χ1v) is 11.1. The van der Waals surface area contributed by atoms with E-state index < -0.39 is 0 Å². The number of aromatic nitrogens is 2. The average Bonchev–Trinajstić information content (AvgIpc) is 3.19. The number of methoxy groups -OCH3 is 1. The van der Waals surface area contributed by atoms with Crippen molar-refractivity contribution < 1.29 is 14.3 Å². The number of hydrogen-bond donors (Lipinski definition) is 2. The summed E-state index contributed by atoms with van der Waals surface area (Å²) in [7, 11) is 1.53. The van der Waals surface area contributed by atoms with Crippen LogP contribution in [0, 0.1) is 0 Å². The molecular weight excluding hydrogens is 444 g/mol. The fraction of sp³-hybridized carbons (Fsp3) is 0.200. The van der Waals surface area contributed by atoms with Gasteiger partial charge < -0.3 is 15.4 Å². The highest BCUT2D eigenvalue weighted by Gasteiger charge is 2.11. The summed E-state index contributed by atoms with van der Waals surface area (Å²) >= 11 is 8.53. The minimum Gasteiger partial charge on any atom is -0.495 e. The van der Waals surface area contributed by atoms with Crippen molar-refractivity contribution in [1.82, 2.24) is 10.2 Å². The van der Waals surface area contributed by atoms with Crippen LogP contribution in [0.5, 0.6) is 5.75 Å². The van der Waals surface area contributed by atoms with E-state index in [2.05, 4.69) is 20.8 Å². The molecule has 0 atom stereocenters. The van der Waals surface area contributed by atoms with Crippen LogP contribution in [-0.2, 0) is 16.0 Å². The molecule has 1 aromatic heterocycles. The monoisotopic (exact) mass is 462 g/mol. The second kappa shape index (κ2) is 11.0. The van der Waals surface area contributed by atoms with Crippen LogP contribution in [0.25, 0.3) is 0 Å². The summed E-state index contributed by atoms with van der Waals surface area (Å²) in [6.45, 7) is 0. The Morgan fingerprint density at radius 2 is 1.90 bits per heavy atom. The summed E-state index contributed by atoms with van der Waals surface area (Å²) in [4.78, 5) is 24.2. The lowest BCUT2D eigenvalue weighted by atomic mass is 10.1. The number of carbonyl (C=O) groups excluding carboxylic acids is 2. The lowest BCUT2D eigenvalue weighted by molar-refractivity contribution is -0.116. The SMILES string of the molecule is COc1ccc(NC(=O)CSc2nnc(NC(=O)CCc3ccccc3)s2)cc1Cl. The number of amides is 2. The Balaban J connectivity index is 1.43. The van der Waals surface area contributed by atoms with Crippen LogP contribution in [0.2, 0.25) is 5.02 Å². The first-order chi connectivity index (χ1) is 14.5. The summed E-state index contributed by atoms with van der Waals surface area (Å²) in [5.41, 5.74) is 1.68. The van der Waals surface area contributed by atoms with E-state index >= 15 is 0 Å². The van der Waals surface area contributed by atoms with Gasteiger partial charge in [0, 0.05) is 12.1 Å². The third kappa shape index (κ3) is 6.72. The maximum atomic E-state index is 12.1. The van der Waals surface area contributed by atoms with Crippen LogP contribution < -0.4 is 15.4 Å². The predicted molar refractivity (Wildman–Crippen MR) is 121 cm³/mol. The quantitative estimate of drug-likeness (QED) is 0.359. The Labute approximate surface area is 187 Å². The van der Waals surface area contributed by atoms with E-state index in [-0.39, 0.29) is 17.6 Å². The summed E-state index contributed by atoms with van der Waals surface area (Å²) in [5.74, 6) is 0.363. The molecule has 0 saturated carbocycles. The molecule has 0 aliphatic carbocycles. The molecule has 0 aliphatic rings. The molecule has 0 spiro atoms. The highest BCUT2D eigenvalue weighted by atomic mass is 35.5. The molecular formula is C20H19ClN4O3S2. The fourth-order valence-corrected chi connectivity index (χ4v) is 4.30. The molecule has 2 amide bonds. The number of rotatable bonds is 9. The summed E-state index contributed by atoms with van der Waals surface area (Å²) in [5, 5.41) is 14.3. The molecule has 0 aliphatic heterocycles. The van der Waals surface area contributed by atoms with E-state index in [1.54, 1.807) is 18.2 Å². The number of aryl methyl sites for hydroxylation is 1. The maximum absolute atomic E-state index is 12.1. The number of nitrogens with zero attached hydrogens (tertiary/aromatic N) is 2. The highest BCUT2D eigenvalue weighted by Crippen LogP contribution is 2.28. The Bertz CT molecular complexity index is 1010. The van der Waals surface area contributed by atoms with Crippen LogP contribution in [0.1, 0.15) is 12.0 Å². The molecule has 2 N–H and O–H groups in total. The Morgan fingerprint density at radius 3 is 2.63 bits per heavy atom. The fourth-order valence-electron chi connectivity index (χ4n) is 2.47. The number of benzene rings is 2. The maximum Gasteiger partial charge on any atom is 0.234 e.